The maximum absolute atomic E-state index is 12.6. The van der Waals surface area contributed by atoms with E-state index in [0.717, 1.165) is 6.54 Å². The molecule has 0 radical (unpaired) electrons. The standard InChI is InChI=1S/C21H38N6O8.CH2O2/c1-2-24-5-7-25(13-18(29)23-16(21(34)35)3-4-17(22)28)9-10-27(15-20(32)33)12-11-26(8-6-24)14-19(30)31;2-1-3/h16H,2-15H2,1H3,(H2,22,28)(H,23,29)(H,30,31)(H,32,33)(H,34,35);1H,(H,2,3)/t16-;/m1./s1. The first-order chi connectivity index (χ1) is 17.9. The Labute approximate surface area is 220 Å². The molecule has 16 nitrogen and oxygen atoms in total. The van der Waals surface area contributed by atoms with Gasteiger partial charge in [0.1, 0.15) is 6.04 Å². The highest BCUT2D eigenvalue weighted by molar-refractivity contribution is 5.85. The van der Waals surface area contributed by atoms with Crippen LogP contribution in [-0.4, -0.2) is 161 Å². The summed E-state index contributed by atoms with van der Waals surface area (Å²) in [4.78, 5) is 73.3. The number of carbonyl (C=O) groups excluding carboxylic acids is 2. The molecule has 0 saturated carbocycles. The topological polar surface area (TPSA) is 234 Å². The Balaban J connectivity index is 0.00000434. The second-order valence-electron chi connectivity index (χ2n) is 8.62. The number of aliphatic carboxylic acids is 3. The third-order valence-corrected chi connectivity index (χ3v) is 5.77. The van der Waals surface area contributed by atoms with Crippen LogP contribution in [-0.2, 0) is 28.8 Å². The Hall–Kier alpha value is -3.34. The van der Waals surface area contributed by atoms with Crippen LogP contribution in [0.2, 0.25) is 0 Å². The Kier molecular flexibility index (Phi) is 18.0. The zero-order chi connectivity index (χ0) is 29.1. The van der Waals surface area contributed by atoms with Crippen molar-refractivity contribution >= 4 is 36.2 Å². The number of carbonyl (C=O) groups is 6. The van der Waals surface area contributed by atoms with E-state index in [4.69, 9.17) is 15.6 Å². The SMILES string of the molecule is CCN1CCN(CC(=O)O)CCN(CC(=O)O)CCN(CC(=O)N[C@H](CCC(N)=O)C(=O)O)CC1.O=CO. The van der Waals surface area contributed by atoms with Crippen LogP contribution in [0.3, 0.4) is 0 Å². The molecule has 1 atom stereocenters. The summed E-state index contributed by atoms with van der Waals surface area (Å²) in [5.74, 6) is -4.40. The molecule has 1 rings (SSSR count). The molecule has 1 aliphatic rings. The molecule has 1 saturated heterocycles. The highest BCUT2D eigenvalue weighted by atomic mass is 16.4. The molecule has 0 aromatic heterocycles. The number of nitrogens with two attached hydrogens (primary N) is 1. The molecule has 16 heteroatoms. The predicted octanol–water partition coefficient (Wildman–Crippen LogP) is -3.07. The minimum absolute atomic E-state index is 0.0933. The van der Waals surface area contributed by atoms with Crippen molar-refractivity contribution in [3.63, 3.8) is 0 Å². The number of amides is 2. The summed E-state index contributed by atoms with van der Waals surface area (Å²) in [5.41, 5.74) is 5.07. The van der Waals surface area contributed by atoms with Crippen molar-refractivity contribution in [1.29, 1.82) is 0 Å². The smallest absolute Gasteiger partial charge is 0.326 e. The normalized spacial score (nSPS) is 17.5. The van der Waals surface area contributed by atoms with Crippen LogP contribution in [0.25, 0.3) is 0 Å². The summed E-state index contributed by atoms with van der Waals surface area (Å²) < 4.78 is 0. The van der Waals surface area contributed by atoms with Crippen LogP contribution in [0.4, 0.5) is 0 Å². The van der Waals surface area contributed by atoms with Crippen molar-refractivity contribution in [1.82, 2.24) is 24.9 Å². The van der Waals surface area contributed by atoms with Gasteiger partial charge in [0, 0.05) is 58.8 Å². The zero-order valence-electron chi connectivity index (χ0n) is 21.7. The van der Waals surface area contributed by atoms with Crippen LogP contribution in [0, 0.1) is 0 Å². The Morgan fingerprint density at radius 2 is 1.16 bits per heavy atom. The third-order valence-electron chi connectivity index (χ3n) is 5.77. The highest BCUT2D eigenvalue weighted by Gasteiger charge is 2.23. The lowest BCUT2D eigenvalue weighted by atomic mass is 10.1. The lowest BCUT2D eigenvalue weighted by Gasteiger charge is -2.33. The molecule has 0 unspecified atom stereocenters. The Morgan fingerprint density at radius 1 is 0.789 bits per heavy atom. The number of likely N-dealkylation sites (N-methyl/N-ethyl adjacent to an activating group) is 1. The van der Waals surface area contributed by atoms with Gasteiger partial charge in [-0.3, -0.25) is 38.7 Å². The van der Waals surface area contributed by atoms with Gasteiger partial charge in [-0.05, 0) is 13.0 Å². The molecule has 1 fully saturated rings. The summed E-state index contributed by atoms with van der Waals surface area (Å²) in [5, 5.41) is 37.1. The summed E-state index contributed by atoms with van der Waals surface area (Å²) in [7, 11) is 0. The van der Waals surface area contributed by atoms with Crippen LogP contribution < -0.4 is 11.1 Å². The summed E-state index contributed by atoms with van der Waals surface area (Å²) in [6.45, 7) is 5.60. The van der Waals surface area contributed by atoms with Gasteiger partial charge in [-0.15, -0.1) is 0 Å². The molecule has 7 N–H and O–H groups in total. The quantitative estimate of drug-likeness (QED) is 0.133. The molecule has 218 valence electrons. The van der Waals surface area contributed by atoms with Crippen molar-refractivity contribution in [3.8, 4) is 0 Å². The van der Waals surface area contributed by atoms with E-state index in [1.807, 2.05) is 11.8 Å². The minimum atomic E-state index is -1.26. The van der Waals surface area contributed by atoms with Crippen LogP contribution in [0.5, 0.6) is 0 Å². The van der Waals surface area contributed by atoms with Gasteiger partial charge in [0.15, 0.2) is 0 Å². The number of primary amides is 1. The number of hydrogen-bond acceptors (Lipinski definition) is 10. The van der Waals surface area contributed by atoms with Crippen molar-refractivity contribution in [2.24, 2.45) is 5.73 Å². The van der Waals surface area contributed by atoms with Crippen LogP contribution in [0.15, 0.2) is 0 Å². The molecular weight excluding hydrogens is 508 g/mol. The van der Waals surface area contributed by atoms with E-state index in [9.17, 15) is 39.3 Å². The molecule has 0 aromatic carbocycles. The molecule has 0 spiro atoms. The fourth-order valence-corrected chi connectivity index (χ4v) is 3.74. The first-order valence-corrected chi connectivity index (χ1v) is 12.1. The Bertz CT molecular complexity index is 784. The van der Waals surface area contributed by atoms with Crippen molar-refractivity contribution < 1.29 is 49.2 Å². The minimum Gasteiger partial charge on any atom is -0.483 e. The fraction of sp³-hybridized carbons (Fsp3) is 0.727. The van der Waals surface area contributed by atoms with E-state index < -0.39 is 35.8 Å². The van der Waals surface area contributed by atoms with E-state index in [1.54, 1.807) is 9.80 Å². The zero-order valence-corrected chi connectivity index (χ0v) is 21.7. The van der Waals surface area contributed by atoms with Crippen molar-refractivity contribution in [2.45, 2.75) is 25.8 Å². The molecule has 38 heavy (non-hydrogen) atoms. The fourth-order valence-electron chi connectivity index (χ4n) is 3.74. The largest absolute Gasteiger partial charge is 0.483 e. The summed E-state index contributed by atoms with van der Waals surface area (Å²) in [6, 6.07) is -1.24. The lowest BCUT2D eigenvalue weighted by Crippen LogP contribution is -2.50. The number of rotatable bonds is 12. The molecule has 1 heterocycles. The van der Waals surface area contributed by atoms with Crippen LogP contribution >= 0.6 is 0 Å². The van der Waals surface area contributed by atoms with Gasteiger partial charge in [0.2, 0.25) is 11.8 Å². The molecule has 2 amide bonds. The molecule has 0 aromatic rings. The third kappa shape index (κ3) is 17.2. The molecular formula is C22H40N6O10. The van der Waals surface area contributed by atoms with E-state index in [1.165, 1.54) is 0 Å². The first-order valence-electron chi connectivity index (χ1n) is 12.1. The van der Waals surface area contributed by atoms with Crippen molar-refractivity contribution in [3.05, 3.63) is 0 Å². The van der Waals surface area contributed by atoms with E-state index in [0.29, 0.717) is 52.4 Å². The summed E-state index contributed by atoms with van der Waals surface area (Å²) >= 11 is 0. The number of hydrogen-bond donors (Lipinski definition) is 6. The van der Waals surface area contributed by atoms with Gasteiger partial charge in [-0.25, -0.2) is 4.79 Å². The summed E-state index contributed by atoms with van der Waals surface area (Å²) in [6.07, 6.45) is -0.283. The van der Waals surface area contributed by atoms with E-state index in [2.05, 4.69) is 10.2 Å². The van der Waals surface area contributed by atoms with Crippen molar-refractivity contribution in [2.75, 3.05) is 78.5 Å². The number of nitrogens with one attached hydrogen (secondary N) is 1. The highest BCUT2D eigenvalue weighted by Crippen LogP contribution is 2.02. The average molecular weight is 549 g/mol. The van der Waals surface area contributed by atoms with Gasteiger partial charge in [-0.2, -0.15) is 0 Å². The van der Waals surface area contributed by atoms with Gasteiger partial charge >= 0.3 is 17.9 Å². The average Bonchev–Trinajstić information content (AvgIpc) is 2.81. The Morgan fingerprint density at radius 3 is 1.47 bits per heavy atom. The molecule has 0 aliphatic carbocycles. The van der Waals surface area contributed by atoms with E-state index >= 15 is 0 Å². The lowest BCUT2D eigenvalue weighted by molar-refractivity contribution is -0.142. The van der Waals surface area contributed by atoms with Gasteiger partial charge in [0.05, 0.1) is 19.6 Å². The monoisotopic (exact) mass is 548 g/mol. The predicted molar refractivity (Wildman–Crippen MR) is 133 cm³/mol. The number of carboxylic acid groups (broad SMARTS) is 4. The first kappa shape index (κ1) is 34.7. The maximum Gasteiger partial charge on any atom is 0.326 e. The molecule has 1 aliphatic heterocycles. The number of carboxylic acids is 3. The van der Waals surface area contributed by atoms with E-state index in [-0.39, 0.29) is 38.9 Å². The van der Waals surface area contributed by atoms with Gasteiger partial charge < -0.3 is 36.4 Å². The second-order valence-corrected chi connectivity index (χ2v) is 8.62. The van der Waals surface area contributed by atoms with Crippen LogP contribution in [0.1, 0.15) is 19.8 Å². The maximum atomic E-state index is 12.6. The van der Waals surface area contributed by atoms with Gasteiger partial charge in [-0.1, -0.05) is 6.92 Å². The molecule has 0 bridgehead atoms. The second kappa shape index (κ2) is 19.7. The number of nitrogens with zero attached hydrogens (tertiary/aromatic N) is 4. The van der Waals surface area contributed by atoms with Gasteiger partial charge in [0.25, 0.3) is 6.47 Å².